The van der Waals surface area contributed by atoms with Gasteiger partial charge in [0, 0.05) is 6.21 Å². The zero-order valence-corrected chi connectivity index (χ0v) is 13.2. The van der Waals surface area contributed by atoms with Crippen molar-refractivity contribution in [2.45, 2.75) is 6.18 Å². The molecule has 124 valence electrons. The minimum Gasteiger partial charge on any atom is -0.331 e. The molecule has 0 saturated heterocycles. The molecule has 0 heterocycles. The van der Waals surface area contributed by atoms with Crippen LogP contribution in [0.2, 0.25) is 0 Å². The zero-order valence-electron chi connectivity index (χ0n) is 12.4. The van der Waals surface area contributed by atoms with Gasteiger partial charge in [0.1, 0.15) is 0 Å². The summed E-state index contributed by atoms with van der Waals surface area (Å²) in [5, 5.41) is 6.28. The van der Waals surface area contributed by atoms with Crippen molar-refractivity contribution in [2.24, 2.45) is 5.10 Å². The number of hydrogen-bond donors (Lipinski definition) is 2. The molecule has 0 aromatic heterocycles. The molecule has 0 aliphatic carbocycles. The third-order valence-electron chi connectivity index (χ3n) is 2.90. The van der Waals surface area contributed by atoms with Crippen molar-refractivity contribution in [3.8, 4) is 0 Å². The van der Waals surface area contributed by atoms with Gasteiger partial charge in [0.15, 0.2) is 5.11 Å². The van der Waals surface area contributed by atoms with E-state index in [1.54, 1.807) is 6.08 Å². The van der Waals surface area contributed by atoms with Crippen molar-refractivity contribution in [3.05, 3.63) is 71.8 Å². The Morgan fingerprint density at radius 3 is 2.38 bits per heavy atom. The number of thiocarbonyl (C=S) groups is 1. The second-order valence-electron chi connectivity index (χ2n) is 4.66. The fourth-order valence-corrected chi connectivity index (χ4v) is 2.01. The maximum absolute atomic E-state index is 12.9. The van der Waals surface area contributed by atoms with Gasteiger partial charge in [-0.25, -0.2) is 0 Å². The largest absolute Gasteiger partial charge is 0.418 e. The van der Waals surface area contributed by atoms with E-state index in [0.717, 1.165) is 11.6 Å². The number of halogens is 3. The van der Waals surface area contributed by atoms with Crippen molar-refractivity contribution in [2.75, 3.05) is 5.32 Å². The monoisotopic (exact) mass is 349 g/mol. The van der Waals surface area contributed by atoms with Gasteiger partial charge < -0.3 is 5.32 Å². The standard InChI is InChI=1S/C17H14F3N3S/c18-17(19,20)14-10-4-5-11-15(14)22-16(24)23-21-12-6-9-13-7-2-1-3-8-13/h1-12H,(H2,22,23,24)/b9-6+,21-12+. The van der Waals surface area contributed by atoms with E-state index in [-0.39, 0.29) is 10.8 Å². The molecule has 0 aliphatic rings. The lowest BCUT2D eigenvalue weighted by molar-refractivity contribution is -0.136. The summed E-state index contributed by atoms with van der Waals surface area (Å²) in [5.74, 6) is 0. The fourth-order valence-electron chi connectivity index (χ4n) is 1.85. The SMILES string of the molecule is FC(F)(F)c1ccccc1NC(=S)N/N=C/C=C/c1ccccc1. The highest BCUT2D eigenvalue weighted by atomic mass is 32.1. The molecule has 0 spiro atoms. The molecule has 3 nitrogen and oxygen atoms in total. The first-order valence-electron chi connectivity index (χ1n) is 6.95. The first kappa shape index (κ1) is 17.7. The van der Waals surface area contributed by atoms with Gasteiger partial charge in [-0.3, -0.25) is 5.43 Å². The van der Waals surface area contributed by atoms with E-state index >= 15 is 0 Å². The van der Waals surface area contributed by atoms with Gasteiger partial charge in [-0.05, 0) is 36.0 Å². The Hall–Kier alpha value is -2.67. The third-order valence-corrected chi connectivity index (χ3v) is 3.09. The molecule has 0 unspecified atom stereocenters. The van der Waals surface area contributed by atoms with Crippen LogP contribution in [0.1, 0.15) is 11.1 Å². The maximum atomic E-state index is 12.9. The van der Waals surface area contributed by atoms with Gasteiger partial charge >= 0.3 is 6.18 Å². The van der Waals surface area contributed by atoms with E-state index in [1.807, 2.05) is 36.4 Å². The van der Waals surface area contributed by atoms with Crippen molar-refractivity contribution < 1.29 is 13.2 Å². The van der Waals surface area contributed by atoms with Crippen molar-refractivity contribution in [1.29, 1.82) is 0 Å². The first-order chi connectivity index (χ1) is 11.5. The molecule has 0 radical (unpaired) electrons. The Morgan fingerprint density at radius 1 is 1.00 bits per heavy atom. The molecule has 2 rings (SSSR count). The van der Waals surface area contributed by atoms with E-state index in [1.165, 1.54) is 24.4 Å². The molecular formula is C17H14F3N3S. The van der Waals surface area contributed by atoms with E-state index in [4.69, 9.17) is 12.2 Å². The fraction of sp³-hybridized carbons (Fsp3) is 0.0588. The van der Waals surface area contributed by atoms with Crippen LogP contribution in [0.25, 0.3) is 6.08 Å². The molecule has 24 heavy (non-hydrogen) atoms. The predicted octanol–water partition coefficient (Wildman–Crippen LogP) is 4.69. The average Bonchev–Trinajstić information content (AvgIpc) is 2.55. The number of hydrogen-bond acceptors (Lipinski definition) is 2. The van der Waals surface area contributed by atoms with Crippen LogP contribution < -0.4 is 10.7 Å². The molecule has 0 atom stereocenters. The number of allylic oxidation sites excluding steroid dienone is 1. The van der Waals surface area contributed by atoms with Crippen molar-refractivity contribution in [1.82, 2.24) is 5.43 Å². The molecule has 2 aromatic rings. The summed E-state index contributed by atoms with van der Waals surface area (Å²) in [6.07, 6.45) is 0.521. The van der Waals surface area contributed by atoms with Crippen molar-refractivity contribution in [3.63, 3.8) is 0 Å². The number of nitrogens with zero attached hydrogens (tertiary/aromatic N) is 1. The first-order valence-corrected chi connectivity index (χ1v) is 7.35. The Balaban J connectivity index is 1.90. The quantitative estimate of drug-likeness (QED) is 0.478. The molecule has 0 saturated carbocycles. The molecule has 2 aromatic carbocycles. The smallest absolute Gasteiger partial charge is 0.331 e. The lowest BCUT2D eigenvalue weighted by Crippen LogP contribution is -2.25. The van der Waals surface area contributed by atoms with Crippen LogP contribution in [0.3, 0.4) is 0 Å². The minimum absolute atomic E-state index is 0.0314. The molecule has 0 aliphatic heterocycles. The number of para-hydroxylation sites is 1. The molecule has 7 heteroatoms. The van der Waals surface area contributed by atoms with Gasteiger partial charge in [0.25, 0.3) is 0 Å². The second kappa shape index (κ2) is 8.26. The molecule has 0 fully saturated rings. The summed E-state index contributed by atoms with van der Waals surface area (Å²) in [6.45, 7) is 0. The summed E-state index contributed by atoms with van der Waals surface area (Å²) < 4.78 is 38.6. The van der Waals surface area contributed by atoms with Crippen LogP contribution in [0.15, 0.2) is 65.8 Å². The van der Waals surface area contributed by atoms with Crippen LogP contribution in [0.4, 0.5) is 18.9 Å². The highest BCUT2D eigenvalue weighted by molar-refractivity contribution is 7.80. The summed E-state index contributed by atoms with van der Waals surface area (Å²) in [6, 6.07) is 14.7. The molecule has 2 N–H and O–H groups in total. The second-order valence-corrected chi connectivity index (χ2v) is 5.07. The van der Waals surface area contributed by atoms with Gasteiger partial charge in [-0.15, -0.1) is 0 Å². The van der Waals surface area contributed by atoms with Crippen LogP contribution in [-0.2, 0) is 6.18 Å². The van der Waals surface area contributed by atoms with Crippen LogP contribution in [0.5, 0.6) is 0 Å². The van der Waals surface area contributed by atoms with Crippen LogP contribution in [0, 0.1) is 0 Å². The normalized spacial score (nSPS) is 11.8. The number of alkyl halides is 3. The number of hydrazone groups is 1. The summed E-state index contributed by atoms with van der Waals surface area (Å²) in [7, 11) is 0. The summed E-state index contributed by atoms with van der Waals surface area (Å²) in [4.78, 5) is 0. The zero-order chi connectivity index (χ0) is 17.4. The van der Waals surface area contributed by atoms with Crippen LogP contribution in [-0.4, -0.2) is 11.3 Å². The highest BCUT2D eigenvalue weighted by Crippen LogP contribution is 2.34. The lowest BCUT2D eigenvalue weighted by Gasteiger charge is -2.14. The summed E-state index contributed by atoms with van der Waals surface area (Å²) >= 11 is 4.93. The van der Waals surface area contributed by atoms with Crippen LogP contribution >= 0.6 is 12.2 Å². The minimum atomic E-state index is -4.46. The number of benzene rings is 2. The summed E-state index contributed by atoms with van der Waals surface area (Å²) in [5.41, 5.74) is 2.55. The van der Waals surface area contributed by atoms with E-state index < -0.39 is 11.7 Å². The highest BCUT2D eigenvalue weighted by Gasteiger charge is 2.33. The lowest BCUT2D eigenvalue weighted by atomic mass is 10.2. The van der Waals surface area contributed by atoms with E-state index in [0.29, 0.717) is 0 Å². The van der Waals surface area contributed by atoms with Gasteiger partial charge in [-0.2, -0.15) is 18.3 Å². The average molecular weight is 349 g/mol. The molecule has 0 amide bonds. The number of nitrogens with one attached hydrogen (secondary N) is 2. The Labute approximate surface area is 142 Å². The molecule has 0 bridgehead atoms. The Morgan fingerprint density at radius 2 is 1.67 bits per heavy atom. The van der Waals surface area contributed by atoms with E-state index in [2.05, 4.69) is 15.8 Å². The molecular weight excluding hydrogens is 335 g/mol. The van der Waals surface area contributed by atoms with Gasteiger partial charge in [-0.1, -0.05) is 48.5 Å². The predicted molar refractivity (Wildman–Crippen MR) is 94.8 cm³/mol. The Kier molecular flexibility index (Phi) is 6.08. The number of rotatable bonds is 4. The van der Waals surface area contributed by atoms with E-state index in [9.17, 15) is 13.2 Å². The topological polar surface area (TPSA) is 36.4 Å². The maximum Gasteiger partial charge on any atom is 0.418 e. The van der Waals surface area contributed by atoms with Gasteiger partial charge in [0.2, 0.25) is 0 Å². The Bertz CT molecular complexity index is 740. The number of anilines is 1. The third kappa shape index (κ3) is 5.51. The van der Waals surface area contributed by atoms with Crippen molar-refractivity contribution >= 4 is 35.3 Å². The van der Waals surface area contributed by atoms with Gasteiger partial charge in [0.05, 0.1) is 11.3 Å².